The lowest BCUT2D eigenvalue weighted by atomic mass is 9.80. The molecule has 5 atom stereocenters. The second kappa shape index (κ2) is 15.8. The highest BCUT2D eigenvalue weighted by Crippen LogP contribution is 2.44. The van der Waals surface area contributed by atoms with Gasteiger partial charge in [0.1, 0.15) is 35.4 Å². The zero-order valence-corrected chi connectivity index (χ0v) is 33.8. The van der Waals surface area contributed by atoms with Crippen LogP contribution < -0.4 is 14.8 Å². The molecule has 0 radical (unpaired) electrons. The molecule has 3 aliphatic rings. The first-order valence-electron chi connectivity index (χ1n) is 18.4. The highest BCUT2D eigenvalue weighted by atomic mass is 28.4. The number of carbonyl (C=O) groups is 2. The Morgan fingerprint density at radius 3 is 2.04 bits per heavy atom. The van der Waals surface area contributed by atoms with E-state index in [-0.39, 0.29) is 23.4 Å². The van der Waals surface area contributed by atoms with Crippen LogP contribution in [0.15, 0.2) is 93.8 Å². The molecule has 13 nitrogen and oxygen atoms in total. The molecule has 0 aliphatic carbocycles. The third kappa shape index (κ3) is 7.87. The van der Waals surface area contributed by atoms with Gasteiger partial charge in [-0.1, -0.05) is 89.2 Å². The maximum Gasteiger partial charge on any atom is 0.259 e. The van der Waals surface area contributed by atoms with E-state index in [4.69, 9.17) is 23.4 Å². The molecule has 0 bridgehead atoms. The summed E-state index contributed by atoms with van der Waals surface area (Å²) in [6, 6.07) is 24.4. The predicted molar refractivity (Wildman–Crippen MR) is 212 cm³/mol. The molecule has 3 aromatic carbocycles. The molecule has 292 valence electrons. The lowest BCUT2D eigenvalue weighted by Gasteiger charge is -2.41. The number of benzene rings is 3. The predicted octanol–water partition coefficient (Wildman–Crippen LogP) is 5.27. The van der Waals surface area contributed by atoms with E-state index in [0.29, 0.717) is 11.5 Å². The summed E-state index contributed by atoms with van der Waals surface area (Å²) in [4.78, 5) is 40.0. The van der Waals surface area contributed by atoms with Crippen LogP contribution >= 0.6 is 0 Å². The summed E-state index contributed by atoms with van der Waals surface area (Å²) >= 11 is 0. The molecular weight excluding hydrogens is 719 g/mol. The van der Waals surface area contributed by atoms with Crippen LogP contribution in [-0.4, -0.2) is 99.7 Å². The number of amidine groups is 1. The number of aliphatic hydroxyl groups excluding tert-OH is 1. The topological polar surface area (TPSA) is 153 Å². The van der Waals surface area contributed by atoms with Crippen molar-refractivity contribution in [3.63, 3.8) is 0 Å². The summed E-state index contributed by atoms with van der Waals surface area (Å²) in [6.07, 6.45) is -2.48. The third-order valence-electron chi connectivity index (χ3n) is 10.7. The minimum Gasteiger partial charge on any atom is -0.497 e. The van der Waals surface area contributed by atoms with E-state index in [1.807, 2.05) is 78.9 Å². The molecular formula is C41H51N5O8Si. The van der Waals surface area contributed by atoms with Crippen molar-refractivity contribution in [3.8, 4) is 11.5 Å². The summed E-state index contributed by atoms with van der Waals surface area (Å²) in [5.41, 5.74) is 1.37. The molecule has 14 heteroatoms. The van der Waals surface area contributed by atoms with Crippen LogP contribution in [0, 0.1) is 5.92 Å². The molecule has 0 saturated carbocycles. The largest absolute Gasteiger partial charge is 0.497 e. The number of ether oxygens (including phenoxy) is 4. The van der Waals surface area contributed by atoms with Gasteiger partial charge in [0.2, 0.25) is 5.96 Å². The Hall–Kier alpha value is -4.73. The third-order valence-corrected chi connectivity index (χ3v) is 15.2. The van der Waals surface area contributed by atoms with Gasteiger partial charge in [0.05, 0.1) is 27.2 Å². The number of aliphatic hydroxyl groups is 1. The number of hydrogen-bond acceptors (Lipinski definition) is 10. The number of nitrogens with zero attached hydrogens (tertiary/aromatic N) is 4. The summed E-state index contributed by atoms with van der Waals surface area (Å²) in [7, 11) is 0.724. The number of amides is 2. The fourth-order valence-corrected chi connectivity index (χ4v) is 7.86. The summed E-state index contributed by atoms with van der Waals surface area (Å²) in [6.45, 7) is 14.0. The van der Waals surface area contributed by atoms with Gasteiger partial charge in [0, 0.05) is 5.92 Å². The first-order chi connectivity index (χ1) is 26.1. The first kappa shape index (κ1) is 39.9. The van der Waals surface area contributed by atoms with E-state index in [0.717, 1.165) is 16.7 Å². The zero-order chi connectivity index (χ0) is 39.7. The number of nitrogens with one attached hydrogen (secondary N) is 1. The molecule has 0 aromatic heterocycles. The summed E-state index contributed by atoms with van der Waals surface area (Å²) in [5.74, 6) is 0.110. The Labute approximate surface area is 323 Å². The molecule has 1 fully saturated rings. The van der Waals surface area contributed by atoms with Crippen molar-refractivity contribution < 1.29 is 38.1 Å². The minimum atomic E-state index is -2.52. The van der Waals surface area contributed by atoms with Crippen molar-refractivity contribution in [2.24, 2.45) is 20.9 Å². The number of guanidine groups is 1. The van der Waals surface area contributed by atoms with Gasteiger partial charge in [0.25, 0.3) is 11.8 Å². The van der Waals surface area contributed by atoms with Crippen molar-refractivity contribution in [1.29, 1.82) is 0 Å². The van der Waals surface area contributed by atoms with Crippen LogP contribution in [-0.2, 0) is 29.1 Å². The van der Waals surface area contributed by atoms with E-state index >= 15 is 0 Å². The summed E-state index contributed by atoms with van der Waals surface area (Å²) in [5, 5.41) is 14.6. The average Bonchev–Trinajstić information content (AvgIpc) is 3.72. The summed E-state index contributed by atoms with van der Waals surface area (Å²) < 4.78 is 32.0. The van der Waals surface area contributed by atoms with Crippen LogP contribution in [0.4, 0.5) is 0 Å². The van der Waals surface area contributed by atoms with Gasteiger partial charge in [0.15, 0.2) is 26.4 Å². The maximum atomic E-state index is 13.1. The normalized spacial score (nSPS) is 23.5. The van der Waals surface area contributed by atoms with Gasteiger partial charge in [-0.05, 0) is 59.1 Å². The van der Waals surface area contributed by atoms with Crippen molar-refractivity contribution in [3.05, 3.63) is 95.6 Å². The number of carbonyl (C=O) groups excluding carboxylic acids is 2. The standard InChI is InChI=1S/C41H51N5O8Si/c1-25(2)36(48)44-39-43-35-32(37(49)45-39)42-24-46(35)38-33(47)34(54-55(8,9)40(3,4)5)31(53-38)23-52-41(26-13-11-10-12-14-26,27-15-19-29(50-6)20-16-27)28-17-21-30(51-7)22-18-28/h10-22,24-25,31-34,38,47H,23H2,1-9H3,(H,44,45,48,49)/t31-,32?,33-,34-,38-/m1/s1. The van der Waals surface area contributed by atoms with Crippen LogP contribution in [0.3, 0.4) is 0 Å². The SMILES string of the molecule is COc1ccc(C(OC[C@H]2O[C@@H](N3C=NC4C(=O)NC(=NC(=O)C(C)C)N=C43)[C@H](O)[C@@H]2O[Si](C)(C)C(C)(C)C)(c2ccccc2)c2ccc(OC)cc2)cc1. The number of fused-ring (bicyclic) bond motifs is 1. The van der Waals surface area contributed by atoms with Crippen LogP contribution in [0.25, 0.3) is 0 Å². The molecule has 0 spiro atoms. The molecule has 1 saturated heterocycles. The highest BCUT2D eigenvalue weighted by Gasteiger charge is 2.54. The Morgan fingerprint density at radius 2 is 1.51 bits per heavy atom. The number of methoxy groups -OCH3 is 2. The van der Waals surface area contributed by atoms with Crippen molar-refractivity contribution in [1.82, 2.24) is 10.2 Å². The first-order valence-corrected chi connectivity index (χ1v) is 21.3. The zero-order valence-electron chi connectivity index (χ0n) is 32.8. The fourth-order valence-electron chi connectivity index (χ4n) is 6.53. The van der Waals surface area contributed by atoms with Gasteiger partial charge >= 0.3 is 0 Å². The Bertz CT molecular complexity index is 1900. The molecule has 3 aromatic rings. The Balaban J connectivity index is 1.42. The second-order valence-corrected chi connectivity index (χ2v) is 20.4. The van der Waals surface area contributed by atoms with Gasteiger partial charge in [-0.3, -0.25) is 24.8 Å². The number of aliphatic imine (C=N–C) groups is 3. The van der Waals surface area contributed by atoms with Crippen molar-refractivity contribution in [2.75, 3.05) is 20.8 Å². The minimum absolute atomic E-state index is 0.0171. The molecule has 1 unspecified atom stereocenters. The van der Waals surface area contributed by atoms with E-state index in [1.54, 1.807) is 28.1 Å². The van der Waals surface area contributed by atoms with Crippen molar-refractivity contribution in [2.45, 2.75) is 88.9 Å². The average molecular weight is 770 g/mol. The van der Waals surface area contributed by atoms with Gasteiger partial charge < -0.3 is 28.5 Å². The molecule has 2 N–H and O–H groups in total. The van der Waals surface area contributed by atoms with Crippen LogP contribution in [0.2, 0.25) is 18.1 Å². The number of rotatable bonds is 12. The molecule has 3 heterocycles. The number of hydrogen-bond donors (Lipinski definition) is 2. The lowest BCUT2D eigenvalue weighted by molar-refractivity contribution is -0.120. The van der Waals surface area contributed by atoms with Gasteiger partial charge in [-0.2, -0.15) is 9.98 Å². The molecule has 6 rings (SSSR count). The second-order valence-electron chi connectivity index (χ2n) is 15.7. The van der Waals surface area contributed by atoms with E-state index < -0.39 is 62.2 Å². The van der Waals surface area contributed by atoms with E-state index in [2.05, 4.69) is 54.2 Å². The lowest BCUT2D eigenvalue weighted by Crippen LogP contribution is -2.54. The smallest absolute Gasteiger partial charge is 0.259 e. The van der Waals surface area contributed by atoms with E-state index in [1.165, 1.54) is 11.2 Å². The van der Waals surface area contributed by atoms with E-state index in [9.17, 15) is 14.7 Å². The molecule has 3 aliphatic heterocycles. The maximum absolute atomic E-state index is 13.1. The fraction of sp³-hybridized carbons (Fsp3) is 0.439. The van der Waals surface area contributed by atoms with Crippen LogP contribution in [0.1, 0.15) is 51.3 Å². The highest BCUT2D eigenvalue weighted by molar-refractivity contribution is 6.74. The Kier molecular flexibility index (Phi) is 11.5. The monoisotopic (exact) mass is 769 g/mol. The molecule has 55 heavy (non-hydrogen) atoms. The van der Waals surface area contributed by atoms with Crippen molar-refractivity contribution >= 4 is 38.3 Å². The van der Waals surface area contributed by atoms with Gasteiger partial charge in [-0.25, -0.2) is 0 Å². The van der Waals surface area contributed by atoms with Gasteiger partial charge in [-0.15, -0.1) is 0 Å². The van der Waals surface area contributed by atoms with Crippen LogP contribution in [0.5, 0.6) is 11.5 Å². The quantitative estimate of drug-likeness (QED) is 0.186. The molecule has 2 amide bonds. The Morgan fingerprint density at radius 1 is 0.945 bits per heavy atom.